The van der Waals surface area contributed by atoms with Crippen LogP contribution < -0.4 is 16.8 Å². The SMILES string of the molecule is NC(=O)CCn1nnnc1SCC1=C(C(=O)O)N2C(=O)C(NC(=O)C(N)c3ccc(O)c(F)c3)C2SC1. The van der Waals surface area contributed by atoms with Crippen LogP contribution in [-0.2, 0) is 25.7 Å². The van der Waals surface area contributed by atoms with Crippen LogP contribution >= 0.6 is 23.5 Å². The molecule has 0 bridgehead atoms. The van der Waals surface area contributed by atoms with Crippen LogP contribution in [0.3, 0.4) is 0 Å². The van der Waals surface area contributed by atoms with Crippen molar-refractivity contribution in [1.29, 1.82) is 0 Å². The number of aromatic hydroxyl groups is 1. The molecule has 2 aliphatic rings. The highest BCUT2D eigenvalue weighted by atomic mass is 32.2. The van der Waals surface area contributed by atoms with Gasteiger partial charge in [0, 0.05) is 17.9 Å². The highest BCUT2D eigenvalue weighted by Crippen LogP contribution is 2.41. The molecule has 3 amide bonds. The van der Waals surface area contributed by atoms with Gasteiger partial charge in [-0.1, -0.05) is 17.8 Å². The van der Waals surface area contributed by atoms with Crippen LogP contribution in [0.4, 0.5) is 4.39 Å². The number of tetrazole rings is 1. The highest BCUT2D eigenvalue weighted by Gasteiger charge is 2.54. The topological polar surface area (TPSA) is 220 Å². The van der Waals surface area contributed by atoms with Crippen molar-refractivity contribution in [2.24, 2.45) is 11.5 Å². The van der Waals surface area contributed by atoms with Crippen LogP contribution in [0.15, 0.2) is 34.6 Å². The van der Waals surface area contributed by atoms with Crippen LogP contribution in [0.25, 0.3) is 0 Å². The number of nitrogens with one attached hydrogen (secondary N) is 1. The maximum Gasteiger partial charge on any atom is 0.352 e. The summed E-state index contributed by atoms with van der Waals surface area (Å²) in [7, 11) is 0. The molecule has 4 rings (SSSR count). The number of rotatable bonds is 10. The zero-order chi connectivity index (χ0) is 26.9. The number of aliphatic carboxylic acids is 1. The molecule has 1 fully saturated rings. The van der Waals surface area contributed by atoms with Gasteiger partial charge in [-0.3, -0.25) is 19.3 Å². The Hall–Kier alpha value is -3.70. The number of carbonyl (C=O) groups is 4. The van der Waals surface area contributed by atoms with Gasteiger partial charge in [0.05, 0.1) is 6.54 Å². The predicted octanol–water partition coefficient (Wildman–Crippen LogP) is -1.08. The number of hydrogen-bond donors (Lipinski definition) is 5. The predicted molar refractivity (Wildman–Crippen MR) is 127 cm³/mol. The van der Waals surface area contributed by atoms with Gasteiger partial charge in [-0.05, 0) is 33.7 Å². The zero-order valence-electron chi connectivity index (χ0n) is 18.9. The largest absolute Gasteiger partial charge is 0.505 e. The second kappa shape index (κ2) is 10.7. The van der Waals surface area contributed by atoms with E-state index >= 15 is 0 Å². The van der Waals surface area contributed by atoms with Gasteiger partial charge in [0.25, 0.3) is 5.91 Å². The molecule has 0 aliphatic carbocycles. The van der Waals surface area contributed by atoms with E-state index in [1.54, 1.807) is 0 Å². The molecule has 37 heavy (non-hydrogen) atoms. The van der Waals surface area contributed by atoms with Crippen LogP contribution in [0.1, 0.15) is 18.0 Å². The minimum absolute atomic E-state index is 0.0277. The Bertz CT molecular complexity index is 1300. The minimum atomic E-state index is -1.31. The lowest BCUT2D eigenvalue weighted by atomic mass is 10.0. The van der Waals surface area contributed by atoms with Gasteiger partial charge in [-0.25, -0.2) is 13.9 Å². The van der Waals surface area contributed by atoms with Gasteiger partial charge in [0.2, 0.25) is 17.0 Å². The van der Waals surface area contributed by atoms with Crippen molar-refractivity contribution in [1.82, 2.24) is 30.4 Å². The number of aryl methyl sites for hydroxylation is 1. The first-order valence-corrected chi connectivity index (χ1v) is 12.7. The first-order chi connectivity index (χ1) is 17.6. The molecule has 1 aromatic heterocycles. The number of hydrogen-bond acceptors (Lipinski definition) is 11. The van der Waals surface area contributed by atoms with Crippen LogP contribution in [0.5, 0.6) is 5.75 Å². The molecular weight excluding hydrogens is 531 g/mol. The number of carboxylic acid groups (broad SMARTS) is 1. The summed E-state index contributed by atoms with van der Waals surface area (Å²) in [6.07, 6.45) is 0.0277. The monoisotopic (exact) mass is 552 g/mol. The van der Waals surface area contributed by atoms with E-state index in [1.165, 1.54) is 22.5 Å². The molecule has 0 spiro atoms. The lowest BCUT2D eigenvalue weighted by molar-refractivity contribution is -0.150. The van der Waals surface area contributed by atoms with Gasteiger partial charge in [-0.2, -0.15) is 0 Å². The third-order valence-electron chi connectivity index (χ3n) is 5.61. The van der Waals surface area contributed by atoms with Crippen LogP contribution in [0.2, 0.25) is 0 Å². The van der Waals surface area contributed by atoms with E-state index in [9.17, 15) is 33.8 Å². The standard InChI is InChI=1S/C20H21FN8O6S2/c21-10-5-8(1-2-11(10)30)13(23)16(32)24-14-17(33)29-15(19(34)35)9(6-36-18(14)29)7-37-20-25-26-27-28(20)4-3-12(22)31/h1-2,5,13-14,18,30H,3-4,6-7,23H2,(H2,22,31)(H,24,32)(H,34,35). The number of halogens is 1. The number of β-lactam (4-membered cyclic amide) rings is 1. The van der Waals surface area contributed by atoms with Gasteiger partial charge in [-0.15, -0.1) is 16.9 Å². The Labute approximate surface area is 216 Å². The first kappa shape index (κ1) is 26.4. The number of fused-ring (bicyclic) bond motifs is 1. The Balaban J connectivity index is 1.43. The van der Waals surface area contributed by atoms with E-state index in [4.69, 9.17) is 11.5 Å². The Morgan fingerprint density at radius 2 is 2.11 bits per heavy atom. The maximum absolute atomic E-state index is 13.6. The molecule has 17 heteroatoms. The summed E-state index contributed by atoms with van der Waals surface area (Å²) >= 11 is 2.41. The lowest BCUT2D eigenvalue weighted by Crippen LogP contribution is -2.71. The molecule has 1 saturated heterocycles. The number of carboxylic acids is 1. The molecule has 0 saturated carbocycles. The molecular formula is C20H21FN8O6S2. The van der Waals surface area contributed by atoms with Gasteiger partial charge < -0.3 is 27.0 Å². The molecule has 2 aromatic rings. The highest BCUT2D eigenvalue weighted by molar-refractivity contribution is 8.01. The van der Waals surface area contributed by atoms with Crippen molar-refractivity contribution in [3.63, 3.8) is 0 Å². The fourth-order valence-electron chi connectivity index (χ4n) is 3.71. The molecule has 14 nitrogen and oxygen atoms in total. The van der Waals surface area contributed by atoms with E-state index in [1.807, 2.05) is 0 Å². The zero-order valence-corrected chi connectivity index (χ0v) is 20.5. The number of carbonyl (C=O) groups excluding carboxylic acids is 3. The maximum atomic E-state index is 13.6. The number of phenols is 1. The third kappa shape index (κ3) is 5.37. The Morgan fingerprint density at radius 3 is 2.78 bits per heavy atom. The lowest BCUT2D eigenvalue weighted by Gasteiger charge is -2.49. The fourth-order valence-corrected chi connectivity index (χ4v) is 6.10. The molecule has 196 valence electrons. The van der Waals surface area contributed by atoms with Crippen molar-refractivity contribution in [3.05, 3.63) is 40.8 Å². The average molecular weight is 553 g/mol. The van der Waals surface area contributed by atoms with Crippen LogP contribution in [0, 0.1) is 5.82 Å². The Morgan fingerprint density at radius 1 is 1.35 bits per heavy atom. The van der Waals surface area contributed by atoms with Gasteiger partial charge >= 0.3 is 5.97 Å². The first-order valence-electron chi connectivity index (χ1n) is 10.7. The molecule has 3 unspecified atom stereocenters. The van der Waals surface area contributed by atoms with E-state index in [-0.39, 0.29) is 35.7 Å². The molecule has 3 heterocycles. The molecule has 7 N–H and O–H groups in total. The number of amides is 3. The summed E-state index contributed by atoms with van der Waals surface area (Å²) in [5, 5.41) is 32.5. The second-order valence-electron chi connectivity index (χ2n) is 8.03. The van der Waals surface area contributed by atoms with Crippen molar-refractivity contribution in [2.75, 3.05) is 11.5 Å². The summed E-state index contributed by atoms with van der Waals surface area (Å²) in [5.41, 5.74) is 11.4. The number of phenolic OH excluding ortho intramolecular Hbond substituents is 1. The average Bonchev–Trinajstić information content (AvgIpc) is 3.32. The smallest absolute Gasteiger partial charge is 0.352 e. The summed E-state index contributed by atoms with van der Waals surface area (Å²) < 4.78 is 15.0. The summed E-state index contributed by atoms with van der Waals surface area (Å²) in [4.78, 5) is 49.7. The van der Waals surface area contributed by atoms with E-state index in [0.717, 1.165) is 28.8 Å². The molecule has 0 radical (unpaired) electrons. The summed E-state index contributed by atoms with van der Waals surface area (Å²) in [5.74, 6) is -4.32. The third-order valence-corrected chi connectivity index (χ3v) is 7.99. The van der Waals surface area contributed by atoms with Crippen molar-refractivity contribution in [3.8, 4) is 5.75 Å². The van der Waals surface area contributed by atoms with E-state index in [0.29, 0.717) is 10.7 Å². The van der Waals surface area contributed by atoms with Crippen molar-refractivity contribution < 1.29 is 33.8 Å². The van der Waals surface area contributed by atoms with Crippen molar-refractivity contribution >= 4 is 47.2 Å². The van der Waals surface area contributed by atoms with Gasteiger partial charge in [0.15, 0.2) is 11.6 Å². The molecule has 3 atom stereocenters. The number of thioether (sulfide) groups is 2. The number of nitrogens with zero attached hydrogens (tertiary/aromatic N) is 5. The quantitative estimate of drug-likeness (QED) is 0.176. The number of benzene rings is 1. The normalized spacial score (nSPS) is 19.7. The number of aromatic nitrogens is 4. The molecule has 1 aromatic carbocycles. The number of primary amides is 1. The van der Waals surface area contributed by atoms with Crippen molar-refractivity contribution in [2.45, 2.75) is 35.6 Å². The van der Waals surface area contributed by atoms with E-state index < -0.39 is 52.7 Å². The Kier molecular flexibility index (Phi) is 7.65. The fraction of sp³-hybridized carbons (Fsp3) is 0.350. The minimum Gasteiger partial charge on any atom is -0.505 e. The molecule has 2 aliphatic heterocycles. The second-order valence-corrected chi connectivity index (χ2v) is 10.1. The number of nitrogens with two attached hydrogens (primary N) is 2. The van der Waals surface area contributed by atoms with Crippen LogP contribution in [-0.4, -0.2) is 81.9 Å². The van der Waals surface area contributed by atoms with Gasteiger partial charge in [0.1, 0.15) is 23.2 Å². The summed E-state index contributed by atoms with van der Waals surface area (Å²) in [6.45, 7) is 0.164. The van der Waals surface area contributed by atoms with E-state index in [2.05, 4.69) is 20.8 Å². The summed E-state index contributed by atoms with van der Waals surface area (Å²) in [6, 6.07) is 0.933.